The fourth-order valence-electron chi connectivity index (χ4n) is 2.15. The topological polar surface area (TPSA) is 54.5 Å². The normalized spacial score (nSPS) is 20.0. The first kappa shape index (κ1) is 13.3. The Balaban J connectivity index is 1.89. The van der Waals surface area contributed by atoms with E-state index in [4.69, 9.17) is 4.74 Å². The summed E-state index contributed by atoms with van der Waals surface area (Å²) in [7, 11) is 2.14. The number of rotatable bonds is 5. The number of ether oxygens (including phenoxy) is 1. The fourth-order valence-corrected chi connectivity index (χ4v) is 2.82. The highest BCUT2D eigenvalue weighted by atomic mass is 32.1. The number of carbonyl (C=O) groups excluding carboxylic acids is 1. The molecule has 0 saturated carbocycles. The number of thiazole rings is 1. The average Bonchev–Trinajstić information content (AvgIpc) is 2.95. The van der Waals surface area contributed by atoms with Crippen molar-refractivity contribution in [2.45, 2.75) is 13.3 Å². The highest BCUT2D eigenvalue weighted by Crippen LogP contribution is 2.23. The monoisotopic (exact) mass is 269 g/mol. The zero-order valence-corrected chi connectivity index (χ0v) is 11.6. The molecule has 1 unspecified atom stereocenters. The molecule has 1 N–H and O–H groups in total. The van der Waals surface area contributed by atoms with Gasteiger partial charge in [-0.3, -0.25) is 0 Å². The van der Waals surface area contributed by atoms with Gasteiger partial charge in [-0.1, -0.05) is 0 Å². The molecule has 18 heavy (non-hydrogen) atoms. The molecule has 1 aromatic rings. The number of anilines is 1. The molecule has 2 rings (SSSR count). The van der Waals surface area contributed by atoms with Gasteiger partial charge in [-0.2, -0.15) is 0 Å². The largest absolute Gasteiger partial charge is 0.461 e. The number of hydrogen-bond donors (Lipinski definition) is 1. The van der Waals surface area contributed by atoms with E-state index in [-0.39, 0.29) is 5.97 Å². The molecule has 100 valence electrons. The van der Waals surface area contributed by atoms with E-state index in [1.54, 1.807) is 12.4 Å². The molecule has 0 aliphatic carbocycles. The molecule has 1 aliphatic heterocycles. The third kappa shape index (κ3) is 3.20. The van der Waals surface area contributed by atoms with Crippen LogP contribution >= 0.6 is 11.3 Å². The fraction of sp³-hybridized carbons (Fsp3) is 0.667. The standard InChI is InChI=1S/C12H19N3O2S/c1-3-17-12(16)10-11(18-8-14-10)13-6-9-4-5-15(2)7-9/h8-9,13H,3-7H2,1-2H3. The van der Waals surface area contributed by atoms with Gasteiger partial charge in [0, 0.05) is 13.1 Å². The van der Waals surface area contributed by atoms with Gasteiger partial charge in [0.2, 0.25) is 0 Å². The first-order chi connectivity index (χ1) is 8.70. The number of carbonyl (C=O) groups is 1. The Bertz CT molecular complexity index is 408. The molecule has 2 heterocycles. The van der Waals surface area contributed by atoms with E-state index in [0.29, 0.717) is 18.2 Å². The van der Waals surface area contributed by atoms with Crippen molar-refractivity contribution >= 4 is 22.3 Å². The molecule has 1 atom stereocenters. The summed E-state index contributed by atoms with van der Waals surface area (Å²) in [6.07, 6.45) is 1.21. The molecule has 1 aromatic heterocycles. The first-order valence-electron chi connectivity index (χ1n) is 6.23. The minimum absolute atomic E-state index is 0.343. The number of hydrogen-bond acceptors (Lipinski definition) is 6. The van der Waals surface area contributed by atoms with Gasteiger partial charge in [-0.15, -0.1) is 11.3 Å². The summed E-state index contributed by atoms with van der Waals surface area (Å²) in [4.78, 5) is 18.0. The molecule has 0 spiro atoms. The van der Waals surface area contributed by atoms with Gasteiger partial charge in [0.15, 0.2) is 5.69 Å². The van der Waals surface area contributed by atoms with Crippen LogP contribution in [-0.2, 0) is 4.74 Å². The van der Waals surface area contributed by atoms with E-state index in [1.807, 2.05) is 0 Å². The van der Waals surface area contributed by atoms with Crippen LogP contribution in [0.3, 0.4) is 0 Å². The summed E-state index contributed by atoms with van der Waals surface area (Å²) in [5, 5.41) is 4.15. The number of likely N-dealkylation sites (tertiary alicyclic amines) is 1. The van der Waals surface area contributed by atoms with E-state index in [9.17, 15) is 4.79 Å². The van der Waals surface area contributed by atoms with E-state index >= 15 is 0 Å². The zero-order chi connectivity index (χ0) is 13.0. The van der Waals surface area contributed by atoms with Crippen LogP contribution in [0.4, 0.5) is 5.00 Å². The summed E-state index contributed by atoms with van der Waals surface area (Å²) in [6, 6.07) is 0. The second-order valence-electron chi connectivity index (χ2n) is 4.55. The molecular formula is C12H19N3O2S. The Morgan fingerprint density at radius 3 is 3.22 bits per heavy atom. The zero-order valence-electron chi connectivity index (χ0n) is 10.8. The van der Waals surface area contributed by atoms with Crippen LogP contribution in [0.25, 0.3) is 0 Å². The maximum Gasteiger partial charge on any atom is 0.360 e. The van der Waals surface area contributed by atoms with Crippen molar-refractivity contribution in [3.63, 3.8) is 0 Å². The third-order valence-corrected chi connectivity index (χ3v) is 3.86. The van der Waals surface area contributed by atoms with Crippen molar-refractivity contribution in [1.82, 2.24) is 9.88 Å². The lowest BCUT2D eigenvalue weighted by Crippen LogP contribution is -2.19. The molecule has 0 aromatic carbocycles. The molecule has 0 radical (unpaired) electrons. The Labute approximate surface area is 111 Å². The van der Waals surface area contributed by atoms with Crippen LogP contribution in [0.5, 0.6) is 0 Å². The Morgan fingerprint density at radius 1 is 1.72 bits per heavy atom. The maximum absolute atomic E-state index is 11.6. The van der Waals surface area contributed by atoms with Crippen molar-refractivity contribution in [3.8, 4) is 0 Å². The molecule has 0 bridgehead atoms. The molecule has 6 heteroatoms. The van der Waals surface area contributed by atoms with E-state index in [2.05, 4.69) is 22.2 Å². The Morgan fingerprint density at radius 2 is 2.56 bits per heavy atom. The molecular weight excluding hydrogens is 250 g/mol. The van der Waals surface area contributed by atoms with Crippen LogP contribution in [0.1, 0.15) is 23.8 Å². The summed E-state index contributed by atoms with van der Waals surface area (Å²) >= 11 is 1.45. The minimum Gasteiger partial charge on any atom is -0.461 e. The summed E-state index contributed by atoms with van der Waals surface area (Å²) in [5.74, 6) is 0.303. The van der Waals surface area contributed by atoms with Gasteiger partial charge in [0.1, 0.15) is 5.00 Å². The smallest absolute Gasteiger partial charge is 0.360 e. The van der Waals surface area contributed by atoms with Crippen LogP contribution < -0.4 is 5.32 Å². The molecule has 5 nitrogen and oxygen atoms in total. The van der Waals surface area contributed by atoms with Crippen molar-refractivity contribution in [1.29, 1.82) is 0 Å². The van der Waals surface area contributed by atoms with Gasteiger partial charge in [0.05, 0.1) is 12.1 Å². The SMILES string of the molecule is CCOC(=O)c1ncsc1NCC1CCN(C)C1. The summed E-state index contributed by atoms with van der Waals surface area (Å²) < 4.78 is 4.97. The Kier molecular flexibility index (Phi) is 4.54. The third-order valence-electron chi connectivity index (χ3n) is 3.08. The van der Waals surface area contributed by atoms with Gasteiger partial charge in [-0.05, 0) is 32.9 Å². The lowest BCUT2D eigenvalue weighted by molar-refractivity contribution is 0.0521. The molecule has 1 fully saturated rings. The predicted molar refractivity (Wildman–Crippen MR) is 72.2 cm³/mol. The van der Waals surface area contributed by atoms with Crippen molar-refractivity contribution in [2.75, 3.05) is 38.6 Å². The van der Waals surface area contributed by atoms with Crippen molar-refractivity contribution < 1.29 is 9.53 Å². The van der Waals surface area contributed by atoms with E-state index < -0.39 is 0 Å². The van der Waals surface area contributed by atoms with Crippen molar-refractivity contribution in [2.24, 2.45) is 5.92 Å². The lowest BCUT2D eigenvalue weighted by atomic mass is 10.1. The van der Waals surface area contributed by atoms with Crippen LogP contribution in [0, 0.1) is 5.92 Å². The molecule has 1 aliphatic rings. The maximum atomic E-state index is 11.6. The lowest BCUT2D eigenvalue weighted by Gasteiger charge is -2.12. The van der Waals surface area contributed by atoms with Crippen LogP contribution in [0.15, 0.2) is 5.51 Å². The second-order valence-corrected chi connectivity index (χ2v) is 5.40. The number of nitrogens with one attached hydrogen (secondary N) is 1. The first-order valence-corrected chi connectivity index (χ1v) is 7.11. The van der Waals surface area contributed by atoms with Gasteiger partial charge in [-0.25, -0.2) is 9.78 Å². The predicted octanol–water partition coefficient (Wildman–Crippen LogP) is 1.68. The van der Waals surface area contributed by atoms with Crippen LogP contribution in [-0.4, -0.2) is 49.1 Å². The quantitative estimate of drug-likeness (QED) is 0.824. The number of esters is 1. The highest BCUT2D eigenvalue weighted by Gasteiger charge is 2.21. The number of aromatic nitrogens is 1. The summed E-state index contributed by atoms with van der Waals surface area (Å²) in [5.41, 5.74) is 2.09. The molecule has 1 saturated heterocycles. The Hall–Kier alpha value is -1.14. The minimum atomic E-state index is -0.343. The highest BCUT2D eigenvalue weighted by molar-refractivity contribution is 7.14. The number of nitrogens with zero attached hydrogens (tertiary/aromatic N) is 2. The van der Waals surface area contributed by atoms with Gasteiger partial charge < -0.3 is 15.0 Å². The van der Waals surface area contributed by atoms with E-state index in [0.717, 1.165) is 24.6 Å². The molecule has 0 amide bonds. The van der Waals surface area contributed by atoms with Crippen LogP contribution in [0.2, 0.25) is 0 Å². The summed E-state index contributed by atoms with van der Waals surface area (Å²) in [6.45, 7) is 5.33. The van der Waals surface area contributed by atoms with Gasteiger partial charge >= 0.3 is 5.97 Å². The van der Waals surface area contributed by atoms with Gasteiger partial charge in [0.25, 0.3) is 0 Å². The average molecular weight is 269 g/mol. The van der Waals surface area contributed by atoms with E-state index in [1.165, 1.54) is 17.8 Å². The second kappa shape index (κ2) is 6.15. The van der Waals surface area contributed by atoms with Crippen molar-refractivity contribution in [3.05, 3.63) is 11.2 Å².